The second-order valence-electron chi connectivity index (χ2n) is 6.58. The van der Waals surface area contributed by atoms with Gasteiger partial charge in [-0.3, -0.25) is 4.79 Å². The summed E-state index contributed by atoms with van der Waals surface area (Å²) >= 11 is 0. The van der Waals surface area contributed by atoms with Gasteiger partial charge in [-0.05, 0) is 49.7 Å². The second kappa shape index (κ2) is 8.62. The molecule has 2 N–H and O–H groups in total. The SMILES string of the molecule is CNS(=O)(=O)c1cc(C(=O)NCc2ccccc2N2CCCC2)ccc1OC. The summed E-state index contributed by atoms with van der Waals surface area (Å²) in [7, 11) is -1.04. The third kappa shape index (κ3) is 4.28. The van der Waals surface area contributed by atoms with Crippen LogP contribution in [0.1, 0.15) is 28.8 Å². The molecule has 0 atom stereocenters. The summed E-state index contributed by atoms with van der Waals surface area (Å²) in [5.74, 6) is -0.156. The van der Waals surface area contributed by atoms with Gasteiger partial charge < -0.3 is 15.0 Å². The average Bonchev–Trinajstić information content (AvgIpc) is 3.26. The van der Waals surface area contributed by atoms with Crippen LogP contribution in [0.2, 0.25) is 0 Å². The van der Waals surface area contributed by atoms with Crippen molar-refractivity contribution in [2.24, 2.45) is 0 Å². The summed E-state index contributed by atoms with van der Waals surface area (Å²) in [4.78, 5) is 14.9. The van der Waals surface area contributed by atoms with Gasteiger partial charge in [0.15, 0.2) is 0 Å². The van der Waals surface area contributed by atoms with Crippen molar-refractivity contribution in [3.8, 4) is 5.75 Å². The molecule has 0 bridgehead atoms. The van der Waals surface area contributed by atoms with Crippen molar-refractivity contribution in [1.82, 2.24) is 10.0 Å². The fourth-order valence-corrected chi connectivity index (χ4v) is 4.26. The third-order valence-electron chi connectivity index (χ3n) is 4.86. The van der Waals surface area contributed by atoms with Crippen LogP contribution < -0.4 is 19.7 Å². The van der Waals surface area contributed by atoms with Crippen molar-refractivity contribution in [2.45, 2.75) is 24.3 Å². The molecule has 1 heterocycles. The molecule has 150 valence electrons. The third-order valence-corrected chi connectivity index (χ3v) is 6.30. The highest BCUT2D eigenvalue weighted by Gasteiger charge is 2.20. The van der Waals surface area contributed by atoms with Crippen LogP contribution >= 0.6 is 0 Å². The molecule has 0 aliphatic carbocycles. The molecule has 7 nitrogen and oxygen atoms in total. The first kappa shape index (κ1) is 20.2. The van der Waals surface area contributed by atoms with Crippen LogP contribution in [0.5, 0.6) is 5.75 Å². The Hall–Kier alpha value is -2.58. The van der Waals surface area contributed by atoms with Gasteiger partial charge in [0.05, 0.1) is 7.11 Å². The highest BCUT2D eigenvalue weighted by molar-refractivity contribution is 7.89. The van der Waals surface area contributed by atoms with E-state index in [4.69, 9.17) is 4.74 Å². The molecular weight excluding hydrogens is 378 g/mol. The van der Waals surface area contributed by atoms with Gasteiger partial charge >= 0.3 is 0 Å². The van der Waals surface area contributed by atoms with E-state index < -0.39 is 10.0 Å². The molecule has 0 spiro atoms. The molecule has 1 saturated heterocycles. The van der Waals surface area contributed by atoms with Crippen LogP contribution in [0.15, 0.2) is 47.4 Å². The van der Waals surface area contributed by atoms with Gasteiger partial charge in [-0.2, -0.15) is 0 Å². The van der Waals surface area contributed by atoms with E-state index in [0.717, 1.165) is 24.3 Å². The summed E-state index contributed by atoms with van der Waals surface area (Å²) < 4.78 is 31.8. The first-order valence-corrected chi connectivity index (χ1v) is 10.7. The first-order valence-electron chi connectivity index (χ1n) is 9.19. The molecular formula is C20H25N3O4S. The lowest BCUT2D eigenvalue weighted by atomic mass is 10.1. The predicted octanol–water partition coefficient (Wildman–Crippen LogP) is 2.13. The van der Waals surface area contributed by atoms with E-state index in [9.17, 15) is 13.2 Å². The maximum absolute atomic E-state index is 12.6. The second-order valence-corrected chi connectivity index (χ2v) is 8.43. The number of nitrogens with one attached hydrogen (secondary N) is 2. The van der Waals surface area contributed by atoms with Crippen LogP contribution in [0.3, 0.4) is 0 Å². The van der Waals surface area contributed by atoms with Gasteiger partial charge in [-0.1, -0.05) is 18.2 Å². The number of anilines is 1. The smallest absolute Gasteiger partial charge is 0.251 e. The number of carbonyl (C=O) groups excluding carboxylic acids is 1. The lowest BCUT2D eigenvalue weighted by Crippen LogP contribution is -2.26. The van der Waals surface area contributed by atoms with Crippen molar-refractivity contribution in [2.75, 3.05) is 32.1 Å². The minimum Gasteiger partial charge on any atom is -0.495 e. The predicted molar refractivity (Wildman–Crippen MR) is 108 cm³/mol. The van der Waals surface area contributed by atoms with Crippen LogP contribution in [-0.2, 0) is 16.6 Å². The minimum absolute atomic E-state index is 0.0670. The highest BCUT2D eigenvalue weighted by Crippen LogP contribution is 2.26. The standard InChI is InChI=1S/C20H25N3O4S/c1-21-28(25,26)19-13-15(9-10-18(19)27-2)20(24)22-14-16-7-3-4-8-17(16)23-11-5-6-12-23/h3-4,7-10,13,21H,5-6,11-12,14H2,1-2H3,(H,22,24). The molecule has 2 aromatic rings. The van der Waals surface area contributed by atoms with Gasteiger partial charge in [0, 0.05) is 30.9 Å². The normalized spacial score (nSPS) is 14.1. The Bertz CT molecular complexity index is 954. The zero-order chi connectivity index (χ0) is 20.1. The summed E-state index contributed by atoms with van der Waals surface area (Å²) in [5, 5.41) is 2.89. The van der Waals surface area contributed by atoms with E-state index in [1.165, 1.54) is 39.1 Å². The molecule has 1 fully saturated rings. The number of rotatable bonds is 7. The van der Waals surface area contributed by atoms with Crippen molar-refractivity contribution in [3.05, 3.63) is 53.6 Å². The Morgan fingerprint density at radius 3 is 2.54 bits per heavy atom. The molecule has 1 aliphatic rings. The molecule has 0 aromatic heterocycles. The fourth-order valence-electron chi connectivity index (χ4n) is 3.34. The largest absolute Gasteiger partial charge is 0.495 e. The Labute approximate surface area is 165 Å². The molecule has 0 saturated carbocycles. The number of carbonyl (C=O) groups is 1. The minimum atomic E-state index is -3.74. The van der Waals surface area contributed by atoms with Crippen LogP contribution in [0, 0.1) is 0 Å². The number of sulfonamides is 1. The Balaban J connectivity index is 1.78. The van der Waals surface area contributed by atoms with Gasteiger partial charge in [-0.25, -0.2) is 13.1 Å². The van der Waals surface area contributed by atoms with E-state index in [1.54, 1.807) is 6.07 Å². The first-order chi connectivity index (χ1) is 13.5. The highest BCUT2D eigenvalue weighted by atomic mass is 32.2. The van der Waals surface area contributed by atoms with Crippen molar-refractivity contribution in [1.29, 1.82) is 0 Å². The molecule has 1 aliphatic heterocycles. The molecule has 3 rings (SSSR count). The summed E-state index contributed by atoms with van der Waals surface area (Å²) in [6.45, 7) is 2.41. The number of para-hydroxylation sites is 1. The summed E-state index contributed by atoms with van der Waals surface area (Å²) in [6, 6.07) is 12.4. The zero-order valence-corrected chi connectivity index (χ0v) is 16.9. The van der Waals surface area contributed by atoms with Crippen LogP contribution in [-0.4, -0.2) is 41.6 Å². The van der Waals surface area contributed by atoms with Gasteiger partial charge in [0.2, 0.25) is 10.0 Å². The summed E-state index contributed by atoms with van der Waals surface area (Å²) in [6.07, 6.45) is 2.35. The molecule has 8 heteroatoms. The average molecular weight is 404 g/mol. The van der Waals surface area contributed by atoms with Crippen molar-refractivity contribution >= 4 is 21.6 Å². The molecule has 28 heavy (non-hydrogen) atoms. The van der Waals surface area contributed by atoms with E-state index in [0.29, 0.717) is 6.54 Å². The number of ether oxygens (including phenoxy) is 1. The number of benzene rings is 2. The molecule has 0 unspecified atom stereocenters. The monoisotopic (exact) mass is 403 g/mol. The van der Waals surface area contributed by atoms with Crippen LogP contribution in [0.25, 0.3) is 0 Å². The number of methoxy groups -OCH3 is 1. The lowest BCUT2D eigenvalue weighted by Gasteiger charge is -2.21. The van der Waals surface area contributed by atoms with E-state index >= 15 is 0 Å². The number of amides is 1. The van der Waals surface area contributed by atoms with Gasteiger partial charge in [0.25, 0.3) is 5.91 Å². The number of hydrogen-bond donors (Lipinski definition) is 2. The molecule has 0 radical (unpaired) electrons. The maximum atomic E-state index is 12.6. The number of hydrogen-bond acceptors (Lipinski definition) is 5. The lowest BCUT2D eigenvalue weighted by molar-refractivity contribution is 0.0950. The van der Waals surface area contributed by atoms with Gasteiger partial charge in [0.1, 0.15) is 10.6 Å². The van der Waals surface area contributed by atoms with Crippen LogP contribution in [0.4, 0.5) is 5.69 Å². The van der Waals surface area contributed by atoms with Crippen molar-refractivity contribution < 1.29 is 17.9 Å². The van der Waals surface area contributed by atoms with E-state index in [1.807, 2.05) is 18.2 Å². The Morgan fingerprint density at radius 1 is 1.14 bits per heavy atom. The van der Waals surface area contributed by atoms with Crippen molar-refractivity contribution in [3.63, 3.8) is 0 Å². The summed E-state index contributed by atoms with van der Waals surface area (Å²) in [5.41, 5.74) is 2.43. The maximum Gasteiger partial charge on any atom is 0.251 e. The van der Waals surface area contributed by atoms with Gasteiger partial charge in [-0.15, -0.1) is 0 Å². The molecule has 1 amide bonds. The number of nitrogens with zero attached hydrogens (tertiary/aromatic N) is 1. The van der Waals surface area contributed by atoms with E-state index in [2.05, 4.69) is 21.0 Å². The zero-order valence-electron chi connectivity index (χ0n) is 16.1. The Kier molecular flexibility index (Phi) is 6.21. The molecule has 2 aromatic carbocycles. The van der Waals surface area contributed by atoms with E-state index in [-0.39, 0.29) is 22.1 Å². The fraction of sp³-hybridized carbons (Fsp3) is 0.350. The quantitative estimate of drug-likeness (QED) is 0.740. The topological polar surface area (TPSA) is 87.7 Å². The Morgan fingerprint density at radius 2 is 1.86 bits per heavy atom.